The number of aromatic nitrogens is 2. The Labute approximate surface area is 146 Å². The molecule has 0 aliphatic carbocycles. The van der Waals surface area contributed by atoms with Crippen molar-refractivity contribution in [3.63, 3.8) is 0 Å². The number of aryl methyl sites for hydroxylation is 1. The van der Waals surface area contributed by atoms with Gasteiger partial charge < -0.3 is 4.90 Å². The lowest BCUT2D eigenvalue weighted by Crippen LogP contribution is -2.39. The zero-order valence-electron chi connectivity index (χ0n) is 14.2. The van der Waals surface area contributed by atoms with E-state index in [1.807, 2.05) is 6.07 Å². The highest BCUT2D eigenvalue weighted by Gasteiger charge is 2.24. The molecule has 2 rings (SSSR count). The number of nitrogens with zero attached hydrogens (tertiary/aromatic N) is 5. The molecule has 0 saturated carbocycles. The van der Waals surface area contributed by atoms with Gasteiger partial charge in [-0.05, 0) is 24.3 Å². The van der Waals surface area contributed by atoms with Crippen LogP contribution in [0, 0.1) is 11.3 Å². The zero-order chi connectivity index (χ0) is 18.6. The van der Waals surface area contributed by atoms with E-state index >= 15 is 0 Å². The van der Waals surface area contributed by atoms with Crippen molar-refractivity contribution in [2.45, 2.75) is 11.4 Å². The lowest BCUT2D eigenvalue weighted by atomic mass is 10.2. The highest BCUT2D eigenvalue weighted by molar-refractivity contribution is 7.89. The molecule has 2 aromatic rings. The van der Waals surface area contributed by atoms with Gasteiger partial charge in [0, 0.05) is 39.4 Å². The minimum atomic E-state index is -3.80. The quantitative estimate of drug-likeness (QED) is 0.749. The van der Waals surface area contributed by atoms with Gasteiger partial charge in [0.2, 0.25) is 15.9 Å². The summed E-state index contributed by atoms with van der Waals surface area (Å²) in [6.07, 6.45) is 3.45. The van der Waals surface area contributed by atoms with E-state index in [1.54, 1.807) is 31.2 Å². The number of carbonyl (C=O) groups is 1. The second-order valence-electron chi connectivity index (χ2n) is 5.67. The average molecular weight is 361 g/mol. The molecule has 0 bridgehead atoms. The maximum absolute atomic E-state index is 12.5. The van der Waals surface area contributed by atoms with E-state index in [9.17, 15) is 13.2 Å². The summed E-state index contributed by atoms with van der Waals surface area (Å²) >= 11 is 0. The second kappa shape index (κ2) is 7.46. The molecular formula is C16H19N5O3S. The van der Waals surface area contributed by atoms with Crippen molar-refractivity contribution >= 4 is 15.9 Å². The maximum atomic E-state index is 12.5. The summed E-state index contributed by atoms with van der Waals surface area (Å²) < 4.78 is 27.7. The number of carbonyl (C=O) groups excluding carboxylic acids is 1. The molecule has 25 heavy (non-hydrogen) atoms. The third-order valence-corrected chi connectivity index (χ3v) is 5.47. The van der Waals surface area contributed by atoms with E-state index in [2.05, 4.69) is 5.10 Å². The summed E-state index contributed by atoms with van der Waals surface area (Å²) in [5.41, 5.74) is 1.23. The van der Waals surface area contributed by atoms with Crippen molar-refractivity contribution in [1.82, 2.24) is 19.0 Å². The summed E-state index contributed by atoms with van der Waals surface area (Å²) in [5.74, 6) is -0.330. The van der Waals surface area contributed by atoms with E-state index in [0.717, 1.165) is 9.87 Å². The van der Waals surface area contributed by atoms with Gasteiger partial charge >= 0.3 is 0 Å². The summed E-state index contributed by atoms with van der Waals surface area (Å²) in [5, 5.41) is 12.8. The van der Waals surface area contributed by atoms with Crippen molar-refractivity contribution in [2.24, 2.45) is 7.05 Å². The number of amides is 1. The monoisotopic (exact) mass is 361 g/mol. The van der Waals surface area contributed by atoms with E-state index in [1.165, 1.54) is 36.2 Å². The van der Waals surface area contributed by atoms with Gasteiger partial charge in [-0.15, -0.1) is 0 Å². The van der Waals surface area contributed by atoms with Crippen LogP contribution in [0.5, 0.6) is 0 Å². The molecule has 132 valence electrons. The average Bonchev–Trinajstić information content (AvgIpc) is 2.99. The van der Waals surface area contributed by atoms with Gasteiger partial charge in [0.25, 0.3) is 0 Å². The number of rotatable bonds is 6. The van der Waals surface area contributed by atoms with Gasteiger partial charge in [-0.3, -0.25) is 9.48 Å². The molecule has 0 fully saturated rings. The number of nitriles is 1. The van der Waals surface area contributed by atoms with Gasteiger partial charge in [0.1, 0.15) is 0 Å². The Bertz CT molecular complexity index is 897. The smallest absolute Gasteiger partial charge is 0.243 e. The zero-order valence-corrected chi connectivity index (χ0v) is 15.1. The van der Waals surface area contributed by atoms with Crippen molar-refractivity contribution < 1.29 is 13.2 Å². The molecule has 0 unspecified atom stereocenters. The molecule has 0 N–H and O–H groups in total. The molecule has 1 amide bonds. The SMILES string of the molecule is CN(Cc1cnn(C)c1)C(=O)CN(C)S(=O)(=O)c1ccc(C#N)cc1. The van der Waals surface area contributed by atoms with Crippen LogP contribution in [0.3, 0.4) is 0 Å². The molecule has 0 radical (unpaired) electrons. The van der Waals surface area contributed by atoms with Gasteiger partial charge in [-0.2, -0.15) is 14.7 Å². The molecule has 1 aromatic heterocycles. The van der Waals surface area contributed by atoms with Crippen LogP contribution in [-0.4, -0.2) is 54.0 Å². The fraction of sp³-hybridized carbons (Fsp3) is 0.312. The number of hydrogen-bond acceptors (Lipinski definition) is 5. The first-order chi connectivity index (χ1) is 11.7. The lowest BCUT2D eigenvalue weighted by molar-refractivity contribution is -0.130. The predicted molar refractivity (Wildman–Crippen MR) is 90.7 cm³/mol. The largest absolute Gasteiger partial charge is 0.340 e. The van der Waals surface area contributed by atoms with Crippen molar-refractivity contribution in [3.05, 3.63) is 47.8 Å². The number of likely N-dealkylation sites (N-methyl/N-ethyl adjacent to an activating group) is 2. The van der Waals surface area contributed by atoms with E-state index in [-0.39, 0.29) is 17.3 Å². The van der Waals surface area contributed by atoms with Crippen LogP contribution >= 0.6 is 0 Å². The molecule has 9 heteroatoms. The Morgan fingerprint density at radius 1 is 1.28 bits per heavy atom. The van der Waals surface area contributed by atoms with Crippen LogP contribution in [0.1, 0.15) is 11.1 Å². The third-order valence-electron chi connectivity index (χ3n) is 3.65. The molecule has 0 atom stereocenters. The third kappa shape index (κ3) is 4.43. The van der Waals surface area contributed by atoms with E-state index < -0.39 is 10.0 Å². The van der Waals surface area contributed by atoms with Gasteiger partial charge in [-0.25, -0.2) is 8.42 Å². The van der Waals surface area contributed by atoms with Crippen molar-refractivity contribution in [3.8, 4) is 6.07 Å². The second-order valence-corrected chi connectivity index (χ2v) is 7.71. The fourth-order valence-electron chi connectivity index (χ4n) is 2.19. The Balaban J connectivity index is 2.04. The Kier molecular flexibility index (Phi) is 5.56. The van der Waals surface area contributed by atoms with Crippen LogP contribution in [0.2, 0.25) is 0 Å². The molecule has 8 nitrogen and oxygen atoms in total. The normalized spacial score (nSPS) is 11.3. The van der Waals surface area contributed by atoms with E-state index in [4.69, 9.17) is 5.26 Å². The highest BCUT2D eigenvalue weighted by atomic mass is 32.2. The van der Waals surface area contributed by atoms with Crippen LogP contribution in [0.15, 0.2) is 41.6 Å². The van der Waals surface area contributed by atoms with E-state index in [0.29, 0.717) is 12.1 Å². The summed E-state index contributed by atoms with van der Waals surface area (Å²) in [7, 11) is 0.939. The van der Waals surface area contributed by atoms with Crippen molar-refractivity contribution in [1.29, 1.82) is 5.26 Å². The Hall–Kier alpha value is -2.70. The van der Waals surface area contributed by atoms with Gasteiger partial charge in [0.05, 0.1) is 29.3 Å². The molecular weight excluding hydrogens is 342 g/mol. The predicted octanol–water partition coefficient (Wildman–Crippen LogP) is 0.571. The summed E-state index contributed by atoms with van der Waals surface area (Å²) in [6.45, 7) is 0.0660. The van der Waals surface area contributed by atoms with Crippen LogP contribution in [0.4, 0.5) is 0 Å². The molecule has 0 saturated heterocycles. The minimum Gasteiger partial charge on any atom is -0.340 e. The lowest BCUT2D eigenvalue weighted by Gasteiger charge is -2.21. The Morgan fingerprint density at radius 2 is 1.92 bits per heavy atom. The fourth-order valence-corrected chi connectivity index (χ4v) is 3.31. The Morgan fingerprint density at radius 3 is 2.44 bits per heavy atom. The molecule has 0 aliphatic heterocycles. The van der Waals surface area contributed by atoms with Crippen LogP contribution in [0.25, 0.3) is 0 Å². The molecule has 0 aliphatic rings. The number of hydrogen-bond donors (Lipinski definition) is 0. The minimum absolute atomic E-state index is 0.0386. The van der Waals surface area contributed by atoms with Crippen LogP contribution < -0.4 is 0 Å². The maximum Gasteiger partial charge on any atom is 0.243 e. The first-order valence-electron chi connectivity index (χ1n) is 7.42. The number of sulfonamides is 1. The molecule has 1 aromatic carbocycles. The highest BCUT2D eigenvalue weighted by Crippen LogP contribution is 2.15. The molecule has 0 spiro atoms. The van der Waals surface area contributed by atoms with Gasteiger partial charge in [-0.1, -0.05) is 0 Å². The molecule has 1 heterocycles. The summed E-state index contributed by atoms with van der Waals surface area (Å²) in [6, 6.07) is 7.50. The summed E-state index contributed by atoms with van der Waals surface area (Å²) in [4.78, 5) is 13.8. The first kappa shape index (κ1) is 18.6. The van der Waals surface area contributed by atoms with Gasteiger partial charge in [0.15, 0.2) is 0 Å². The van der Waals surface area contributed by atoms with Crippen molar-refractivity contribution in [2.75, 3.05) is 20.6 Å². The first-order valence-corrected chi connectivity index (χ1v) is 8.86. The topological polar surface area (TPSA) is 99.3 Å². The van der Waals surface area contributed by atoms with Crippen LogP contribution in [-0.2, 0) is 28.4 Å². The standard InChI is InChI=1S/C16H19N5O3S/c1-19(10-14-9-18-20(2)11-14)16(22)12-21(3)25(23,24)15-6-4-13(8-17)5-7-15/h4-7,9,11H,10,12H2,1-3H3. The number of benzene rings is 1.